The third kappa shape index (κ3) is 2.45. The lowest BCUT2D eigenvalue weighted by Crippen LogP contribution is -2.11. The highest BCUT2D eigenvalue weighted by atomic mass is 16.4. The molecule has 0 amide bonds. The number of aromatic nitrogens is 3. The normalized spacial score (nSPS) is 11.2. The molecule has 3 rings (SSSR count). The van der Waals surface area contributed by atoms with E-state index in [4.69, 9.17) is 0 Å². The van der Waals surface area contributed by atoms with E-state index in [1.165, 1.54) is 0 Å². The van der Waals surface area contributed by atoms with Crippen molar-refractivity contribution in [2.24, 2.45) is 0 Å². The molecule has 0 radical (unpaired) electrons. The summed E-state index contributed by atoms with van der Waals surface area (Å²) in [6.45, 7) is 4.41. The first-order valence-electron chi connectivity index (χ1n) is 7.21. The van der Waals surface area contributed by atoms with Crippen LogP contribution in [0, 0.1) is 0 Å². The molecular formula is C17H17N3O2. The molecule has 0 aliphatic rings. The molecular weight excluding hydrogens is 278 g/mol. The summed E-state index contributed by atoms with van der Waals surface area (Å²) >= 11 is 0. The van der Waals surface area contributed by atoms with Gasteiger partial charge in [-0.2, -0.15) is 0 Å². The molecule has 0 spiro atoms. The molecule has 5 heteroatoms. The van der Waals surface area contributed by atoms with Gasteiger partial charge in [-0.3, -0.25) is 0 Å². The van der Waals surface area contributed by atoms with Gasteiger partial charge in [0.2, 0.25) is 0 Å². The smallest absolute Gasteiger partial charge is 0.358 e. The summed E-state index contributed by atoms with van der Waals surface area (Å²) in [7, 11) is 0. The first kappa shape index (κ1) is 14.3. The van der Waals surface area contributed by atoms with Crippen LogP contribution in [0.1, 0.15) is 41.5 Å². The number of rotatable bonds is 4. The third-order valence-electron chi connectivity index (χ3n) is 3.72. The topological polar surface area (TPSA) is 68.0 Å². The van der Waals surface area contributed by atoms with E-state index in [0.29, 0.717) is 12.2 Å². The van der Waals surface area contributed by atoms with Crippen LogP contribution in [-0.2, 0) is 6.54 Å². The maximum absolute atomic E-state index is 11.3. The lowest BCUT2D eigenvalue weighted by Gasteiger charge is -2.11. The van der Waals surface area contributed by atoms with Crippen molar-refractivity contribution < 1.29 is 9.90 Å². The Morgan fingerprint density at radius 2 is 1.91 bits per heavy atom. The average molecular weight is 295 g/mol. The van der Waals surface area contributed by atoms with Crippen molar-refractivity contribution in [1.29, 1.82) is 0 Å². The molecule has 5 nitrogen and oxygen atoms in total. The van der Waals surface area contributed by atoms with Gasteiger partial charge in [0.05, 0.1) is 12.2 Å². The van der Waals surface area contributed by atoms with Gasteiger partial charge in [-0.15, -0.1) is 5.10 Å². The fourth-order valence-electron chi connectivity index (χ4n) is 2.75. The Hall–Kier alpha value is -2.69. The van der Waals surface area contributed by atoms with Crippen LogP contribution in [0.4, 0.5) is 0 Å². The van der Waals surface area contributed by atoms with Crippen molar-refractivity contribution in [3.05, 3.63) is 59.4 Å². The molecule has 0 fully saturated rings. The fourth-order valence-corrected chi connectivity index (χ4v) is 2.75. The predicted octanol–water partition coefficient (Wildman–Crippen LogP) is 3.30. The maximum Gasteiger partial charge on any atom is 0.358 e. The standard InChI is InChI=1S/C17H17N3O2/c1-11(2)16-15(17(21)22)18-19-20(16)10-13-8-5-7-12-6-3-4-9-14(12)13/h3-9,11H,10H2,1-2H3,(H,21,22). The molecule has 2 aromatic carbocycles. The molecule has 0 bridgehead atoms. The van der Waals surface area contributed by atoms with Crippen LogP contribution in [0.2, 0.25) is 0 Å². The number of carboxylic acids is 1. The second-order valence-corrected chi connectivity index (χ2v) is 5.58. The minimum atomic E-state index is -1.03. The van der Waals surface area contributed by atoms with E-state index >= 15 is 0 Å². The molecule has 0 saturated heterocycles. The second-order valence-electron chi connectivity index (χ2n) is 5.58. The molecule has 0 unspecified atom stereocenters. The summed E-state index contributed by atoms with van der Waals surface area (Å²) in [5.41, 5.74) is 1.79. The number of carboxylic acid groups (broad SMARTS) is 1. The SMILES string of the molecule is CC(C)c1c(C(=O)O)nnn1Cc1cccc2ccccc12. The van der Waals surface area contributed by atoms with Gasteiger partial charge in [-0.1, -0.05) is 61.5 Å². The fraction of sp³-hybridized carbons (Fsp3) is 0.235. The van der Waals surface area contributed by atoms with Crippen LogP contribution in [0.3, 0.4) is 0 Å². The Labute approximate surface area is 128 Å². The Kier molecular flexibility index (Phi) is 3.63. The van der Waals surface area contributed by atoms with Gasteiger partial charge in [0.25, 0.3) is 0 Å². The Balaban J connectivity index is 2.08. The Morgan fingerprint density at radius 3 is 2.64 bits per heavy atom. The number of benzene rings is 2. The lowest BCUT2D eigenvalue weighted by atomic mass is 10.0. The molecule has 0 aliphatic heterocycles. The van der Waals surface area contributed by atoms with Gasteiger partial charge in [-0.25, -0.2) is 9.48 Å². The van der Waals surface area contributed by atoms with E-state index in [9.17, 15) is 9.90 Å². The minimum absolute atomic E-state index is 0.0373. The van der Waals surface area contributed by atoms with Crippen LogP contribution in [0.5, 0.6) is 0 Å². The highest BCUT2D eigenvalue weighted by Crippen LogP contribution is 2.22. The van der Waals surface area contributed by atoms with Gasteiger partial charge in [0.1, 0.15) is 0 Å². The average Bonchev–Trinajstić information content (AvgIpc) is 2.92. The number of carbonyl (C=O) groups is 1. The number of hydrogen-bond donors (Lipinski definition) is 1. The van der Waals surface area contributed by atoms with Crippen molar-refractivity contribution in [3.8, 4) is 0 Å². The molecule has 0 aliphatic carbocycles. The molecule has 22 heavy (non-hydrogen) atoms. The van der Waals surface area contributed by atoms with Crippen molar-refractivity contribution in [3.63, 3.8) is 0 Å². The van der Waals surface area contributed by atoms with Gasteiger partial charge < -0.3 is 5.11 Å². The van der Waals surface area contributed by atoms with Crippen LogP contribution in [0.15, 0.2) is 42.5 Å². The van der Waals surface area contributed by atoms with Crippen molar-refractivity contribution in [2.45, 2.75) is 26.3 Å². The zero-order valence-corrected chi connectivity index (χ0v) is 12.5. The van der Waals surface area contributed by atoms with E-state index in [2.05, 4.69) is 28.5 Å². The highest BCUT2D eigenvalue weighted by molar-refractivity contribution is 5.87. The van der Waals surface area contributed by atoms with Crippen molar-refractivity contribution >= 4 is 16.7 Å². The largest absolute Gasteiger partial charge is 0.476 e. The minimum Gasteiger partial charge on any atom is -0.476 e. The van der Waals surface area contributed by atoms with Crippen LogP contribution < -0.4 is 0 Å². The molecule has 0 atom stereocenters. The lowest BCUT2D eigenvalue weighted by molar-refractivity contribution is 0.0688. The number of hydrogen-bond acceptors (Lipinski definition) is 3. The van der Waals surface area contributed by atoms with Gasteiger partial charge in [0, 0.05) is 0 Å². The van der Waals surface area contributed by atoms with E-state index in [1.54, 1.807) is 4.68 Å². The summed E-state index contributed by atoms with van der Waals surface area (Å²) in [6.07, 6.45) is 0. The van der Waals surface area contributed by atoms with Crippen LogP contribution in [0.25, 0.3) is 10.8 Å². The van der Waals surface area contributed by atoms with Crippen LogP contribution >= 0.6 is 0 Å². The van der Waals surface area contributed by atoms with E-state index < -0.39 is 5.97 Å². The molecule has 3 aromatic rings. The molecule has 1 heterocycles. The number of fused-ring (bicyclic) bond motifs is 1. The van der Waals surface area contributed by atoms with Gasteiger partial charge in [-0.05, 0) is 22.3 Å². The second kappa shape index (κ2) is 5.60. The van der Waals surface area contributed by atoms with Crippen LogP contribution in [-0.4, -0.2) is 26.1 Å². The maximum atomic E-state index is 11.3. The number of nitrogens with zero attached hydrogens (tertiary/aromatic N) is 3. The summed E-state index contributed by atoms with van der Waals surface area (Å²) in [4.78, 5) is 11.3. The molecule has 0 saturated carbocycles. The molecule has 112 valence electrons. The summed E-state index contributed by atoms with van der Waals surface area (Å²) in [5.74, 6) is -0.996. The Bertz CT molecular complexity index is 832. The van der Waals surface area contributed by atoms with E-state index in [-0.39, 0.29) is 11.6 Å². The zero-order valence-electron chi connectivity index (χ0n) is 12.5. The molecule has 1 aromatic heterocycles. The van der Waals surface area contributed by atoms with Crippen molar-refractivity contribution in [2.75, 3.05) is 0 Å². The zero-order chi connectivity index (χ0) is 15.7. The van der Waals surface area contributed by atoms with E-state index in [1.807, 2.05) is 38.1 Å². The predicted molar refractivity (Wildman–Crippen MR) is 84.1 cm³/mol. The first-order valence-corrected chi connectivity index (χ1v) is 7.21. The summed E-state index contributed by atoms with van der Waals surface area (Å²) in [5, 5.41) is 19.4. The van der Waals surface area contributed by atoms with E-state index in [0.717, 1.165) is 16.3 Å². The van der Waals surface area contributed by atoms with Crippen molar-refractivity contribution in [1.82, 2.24) is 15.0 Å². The Morgan fingerprint density at radius 1 is 1.18 bits per heavy atom. The highest BCUT2D eigenvalue weighted by Gasteiger charge is 2.21. The monoisotopic (exact) mass is 295 g/mol. The summed E-state index contributed by atoms with van der Waals surface area (Å²) in [6, 6.07) is 14.2. The third-order valence-corrected chi connectivity index (χ3v) is 3.72. The quantitative estimate of drug-likeness (QED) is 0.802. The summed E-state index contributed by atoms with van der Waals surface area (Å²) < 4.78 is 1.69. The number of aromatic carboxylic acids is 1. The molecule has 1 N–H and O–H groups in total. The van der Waals surface area contributed by atoms with Gasteiger partial charge in [0.15, 0.2) is 5.69 Å². The first-order chi connectivity index (χ1) is 10.6. The van der Waals surface area contributed by atoms with Gasteiger partial charge >= 0.3 is 5.97 Å².